The summed E-state index contributed by atoms with van der Waals surface area (Å²) in [6, 6.07) is 12.6. The number of amidine groups is 1. The quantitative estimate of drug-likeness (QED) is 0.415. The Bertz CT molecular complexity index is 1070. The van der Waals surface area contributed by atoms with Crippen molar-refractivity contribution in [2.75, 3.05) is 32.1 Å². The van der Waals surface area contributed by atoms with Crippen molar-refractivity contribution >= 4 is 44.8 Å². The second-order valence-electron chi connectivity index (χ2n) is 7.37. The van der Waals surface area contributed by atoms with Crippen molar-refractivity contribution in [2.45, 2.75) is 24.2 Å². The first-order chi connectivity index (χ1) is 15.4. The third kappa shape index (κ3) is 6.93. The van der Waals surface area contributed by atoms with Gasteiger partial charge in [0.05, 0.1) is 21.5 Å². The Morgan fingerprint density at radius 1 is 1.09 bits per heavy atom. The van der Waals surface area contributed by atoms with E-state index in [2.05, 4.69) is 20.9 Å². The zero-order valence-corrected chi connectivity index (χ0v) is 19.9. The molecule has 0 radical (unpaired) electrons. The van der Waals surface area contributed by atoms with Gasteiger partial charge in [0, 0.05) is 25.1 Å². The molecule has 0 unspecified atom stereocenters. The number of benzene rings is 2. The normalized spacial score (nSPS) is 13.5. The fraction of sp³-hybridized carbons (Fsp3) is 0.364. The Hall–Kier alpha value is -2.13. The summed E-state index contributed by atoms with van der Waals surface area (Å²) >= 11 is 11.9. The average molecular weight is 497 g/mol. The van der Waals surface area contributed by atoms with Crippen molar-refractivity contribution in [3.05, 3.63) is 63.6 Å². The SMILES string of the molecule is O=C(CCCNCS(=O)(=O)c1cccc(Cl)c1Cl)NCCc1ccc(C2=NCCN2)cc1. The molecule has 10 heteroatoms. The van der Waals surface area contributed by atoms with Crippen LogP contribution in [0.15, 0.2) is 52.4 Å². The van der Waals surface area contributed by atoms with Gasteiger partial charge in [0.25, 0.3) is 0 Å². The molecule has 0 atom stereocenters. The Morgan fingerprint density at radius 2 is 1.88 bits per heavy atom. The number of hydrogen-bond donors (Lipinski definition) is 3. The summed E-state index contributed by atoms with van der Waals surface area (Å²) in [5.74, 6) is 0.600. The fourth-order valence-electron chi connectivity index (χ4n) is 3.24. The Labute approximate surface area is 198 Å². The van der Waals surface area contributed by atoms with Crippen molar-refractivity contribution < 1.29 is 13.2 Å². The van der Waals surface area contributed by atoms with E-state index >= 15 is 0 Å². The van der Waals surface area contributed by atoms with Crippen LogP contribution in [0, 0.1) is 0 Å². The lowest BCUT2D eigenvalue weighted by Crippen LogP contribution is -2.28. The first-order valence-electron chi connectivity index (χ1n) is 10.4. The molecule has 0 spiro atoms. The summed E-state index contributed by atoms with van der Waals surface area (Å²) in [6.45, 7) is 2.63. The highest BCUT2D eigenvalue weighted by Crippen LogP contribution is 2.29. The van der Waals surface area contributed by atoms with E-state index in [0.717, 1.165) is 36.5 Å². The summed E-state index contributed by atoms with van der Waals surface area (Å²) in [5.41, 5.74) is 2.21. The smallest absolute Gasteiger partial charge is 0.220 e. The minimum Gasteiger partial charge on any atom is -0.368 e. The Balaban J connectivity index is 1.31. The number of carbonyl (C=O) groups is 1. The minimum atomic E-state index is -3.61. The second-order valence-corrected chi connectivity index (χ2v) is 10.1. The van der Waals surface area contributed by atoms with E-state index in [1.165, 1.54) is 12.1 Å². The zero-order chi connectivity index (χ0) is 23.0. The zero-order valence-electron chi connectivity index (χ0n) is 17.5. The molecule has 0 saturated carbocycles. The standard InChI is InChI=1S/C22H26Cl2N4O3S/c23-18-3-1-4-19(21(18)24)32(30,31)15-25-11-2-5-20(29)26-12-10-16-6-8-17(9-7-16)22-27-13-14-28-22/h1,3-4,6-9,25H,2,5,10-15H2,(H,26,29)(H,27,28). The molecule has 2 aromatic rings. The van der Waals surface area contributed by atoms with Crippen molar-refractivity contribution in [2.24, 2.45) is 4.99 Å². The molecule has 1 amide bonds. The van der Waals surface area contributed by atoms with Crippen LogP contribution in [0.3, 0.4) is 0 Å². The second kappa shape index (κ2) is 11.7. The van der Waals surface area contributed by atoms with Crippen LogP contribution in [0.4, 0.5) is 0 Å². The van der Waals surface area contributed by atoms with Crippen LogP contribution in [0.25, 0.3) is 0 Å². The van der Waals surface area contributed by atoms with Gasteiger partial charge in [-0.1, -0.05) is 53.5 Å². The number of amides is 1. The van der Waals surface area contributed by atoms with Crippen molar-refractivity contribution in [3.8, 4) is 0 Å². The van der Waals surface area contributed by atoms with E-state index in [1.807, 2.05) is 24.3 Å². The third-order valence-corrected chi connectivity index (χ3v) is 7.46. The minimum absolute atomic E-state index is 0.00237. The summed E-state index contributed by atoms with van der Waals surface area (Å²) in [4.78, 5) is 16.4. The molecule has 0 bridgehead atoms. The molecule has 0 aliphatic carbocycles. The topological polar surface area (TPSA) is 99.7 Å². The summed E-state index contributed by atoms with van der Waals surface area (Å²) in [7, 11) is -3.61. The molecule has 7 nitrogen and oxygen atoms in total. The van der Waals surface area contributed by atoms with Crippen LogP contribution in [0.5, 0.6) is 0 Å². The number of rotatable bonds is 11. The molecule has 3 rings (SSSR count). The molecule has 0 aromatic heterocycles. The Kier molecular flexibility index (Phi) is 8.92. The van der Waals surface area contributed by atoms with Crippen LogP contribution in [0.2, 0.25) is 10.0 Å². The summed E-state index contributed by atoms with van der Waals surface area (Å²) < 4.78 is 24.8. The maximum atomic E-state index is 12.4. The van der Waals surface area contributed by atoms with Crippen LogP contribution < -0.4 is 16.0 Å². The van der Waals surface area contributed by atoms with Crippen LogP contribution in [0.1, 0.15) is 24.0 Å². The molecule has 3 N–H and O–H groups in total. The van der Waals surface area contributed by atoms with Gasteiger partial charge in [-0.2, -0.15) is 0 Å². The molecule has 32 heavy (non-hydrogen) atoms. The van der Waals surface area contributed by atoms with E-state index in [-0.39, 0.29) is 26.7 Å². The number of nitrogens with zero attached hydrogens (tertiary/aromatic N) is 1. The van der Waals surface area contributed by atoms with Crippen molar-refractivity contribution in [1.29, 1.82) is 0 Å². The van der Waals surface area contributed by atoms with Gasteiger partial charge in [-0.05, 0) is 37.1 Å². The average Bonchev–Trinajstić information content (AvgIpc) is 3.31. The molecule has 0 fully saturated rings. The predicted octanol–water partition coefficient (Wildman–Crippen LogP) is 2.80. The molecule has 1 heterocycles. The van der Waals surface area contributed by atoms with Gasteiger partial charge in [-0.15, -0.1) is 0 Å². The van der Waals surface area contributed by atoms with E-state index in [4.69, 9.17) is 23.2 Å². The number of nitrogens with one attached hydrogen (secondary N) is 3. The monoisotopic (exact) mass is 496 g/mol. The van der Waals surface area contributed by atoms with Gasteiger partial charge in [-0.25, -0.2) is 8.42 Å². The molecule has 2 aromatic carbocycles. The molecule has 1 aliphatic heterocycles. The lowest BCUT2D eigenvalue weighted by molar-refractivity contribution is -0.121. The van der Waals surface area contributed by atoms with Gasteiger partial charge in [0.2, 0.25) is 5.91 Å². The summed E-state index contributed by atoms with van der Waals surface area (Å²) in [5, 5.41) is 9.21. The van der Waals surface area contributed by atoms with Gasteiger partial charge >= 0.3 is 0 Å². The number of aliphatic imine (C=N–C) groups is 1. The van der Waals surface area contributed by atoms with Gasteiger partial charge < -0.3 is 16.0 Å². The highest BCUT2D eigenvalue weighted by molar-refractivity contribution is 7.91. The van der Waals surface area contributed by atoms with Gasteiger partial charge in [-0.3, -0.25) is 9.79 Å². The van der Waals surface area contributed by atoms with Crippen LogP contribution in [-0.2, 0) is 21.1 Å². The highest BCUT2D eigenvalue weighted by Gasteiger charge is 2.19. The predicted molar refractivity (Wildman–Crippen MR) is 128 cm³/mol. The first-order valence-corrected chi connectivity index (χ1v) is 12.8. The first kappa shape index (κ1) is 24.5. The van der Waals surface area contributed by atoms with Crippen LogP contribution >= 0.6 is 23.2 Å². The number of sulfone groups is 1. The number of carbonyl (C=O) groups excluding carboxylic acids is 1. The summed E-state index contributed by atoms with van der Waals surface area (Å²) in [6.07, 6.45) is 1.58. The maximum Gasteiger partial charge on any atom is 0.220 e. The fourth-order valence-corrected chi connectivity index (χ4v) is 5.18. The Morgan fingerprint density at radius 3 is 2.59 bits per heavy atom. The van der Waals surface area contributed by atoms with Crippen molar-refractivity contribution in [3.63, 3.8) is 0 Å². The van der Waals surface area contributed by atoms with Crippen molar-refractivity contribution in [1.82, 2.24) is 16.0 Å². The van der Waals surface area contributed by atoms with E-state index in [9.17, 15) is 13.2 Å². The molecule has 0 saturated heterocycles. The van der Waals surface area contributed by atoms with Gasteiger partial charge in [0.1, 0.15) is 11.7 Å². The lowest BCUT2D eigenvalue weighted by atomic mass is 10.1. The molecule has 1 aliphatic rings. The number of halogens is 2. The largest absolute Gasteiger partial charge is 0.368 e. The van der Waals surface area contributed by atoms with Crippen LogP contribution in [-0.4, -0.2) is 52.2 Å². The molecular weight excluding hydrogens is 471 g/mol. The van der Waals surface area contributed by atoms with E-state index in [0.29, 0.717) is 25.9 Å². The van der Waals surface area contributed by atoms with E-state index in [1.54, 1.807) is 6.07 Å². The molecule has 172 valence electrons. The van der Waals surface area contributed by atoms with E-state index < -0.39 is 9.84 Å². The maximum absolute atomic E-state index is 12.4. The van der Waals surface area contributed by atoms with Gasteiger partial charge in [0.15, 0.2) is 9.84 Å². The lowest BCUT2D eigenvalue weighted by Gasteiger charge is -2.09. The molecular formula is C22H26Cl2N4O3S. The highest BCUT2D eigenvalue weighted by atomic mass is 35.5. The third-order valence-electron chi connectivity index (χ3n) is 4.94. The number of hydrogen-bond acceptors (Lipinski definition) is 6.